The summed E-state index contributed by atoms with van der Waals surface area (Å²) in [5.74, 6) is -2.05. The number of aliphatic hydroxyl groups excluding tert-OH is 6. The van der Waals surface area contributed by atoms with Gasteiger partial charge in [0.15, 0.2) is 12.1 Å². The Bertz CT molecular complexity index is 1270. The molecule has 0 spiro atoms. The fourth-order valence-corrected chi connectivity index (χ4v) is 5.30. The van der Waals surface area contributed by atoms with Gasteiger partial charge in [0.1, 0.15) is 83.5 Å². The fraction of sp³-hybridized carbons (Fsp3) is 0.519. The van der Waals surface area contributed by atoms with Crippen LogP contribution in [-0.2, 0) is 14.2 Å². The Morgan fingerprint density at radius 1 is 0.854 bits per heavy atom. The molecule has 0 aromatic heterocycles. The Labute approximate surface area is 233 Å². The molecule has 14 heteroatoms. The van der Waals surface area contributed by atoms with Crippen molar-refractivity contribution in [2.75, 3.05) is 6.61 Å². The number of Topliss-reactive ketones (excluding diaryl/α,β-unsaturated/α-hetero) is 1. The van der Waals surface area contributed by atoms with Gasteiger partial charge >= 0.3 is 0 Å². The van der Waals surface area contributed by atoms with E-state index in [1.165, 1.54) is 19.1 Å². The molecule has 0 amide bonds. The molecule has 9 N–H and O–H groups in total. The summed E-state index contributed by atoms with van der Waals surface area (Å²) in [6.45, 7) is 0.888. The van der Waals surface area contributed by atoms with Crippen LogP contribution in [0.4, 0.5) is 0 Å². The zero-order valence-electron chi connectivity index (χ0n) is 21.7. The molecule has 0 radical (unpaired) electrons. The van der Waals surface area contributed by atoms with Crippen LogP contribution >= 0.6 is 0 Å². The van der Waals surface area contributed by atoms with E-state index in [4.69, 9.17) is 18.9 Å². The van der Waals surface area contributed by atoms with Crippen molar-refractivity contribution in [2.24, 2.45) is 0 Å². The van der Waals surface area contributed by atoms with Crippen molar-refractivity contribution in [2.45, 2.75) is 80.7 Å². The lowest BCUT2D eigenvalue weighted by Crippen LogP contribution is -2.59. The first-order chi connectivity index (χ1) is 19.4. The first kappa shape index (κ1) is 29.4. The third-order valence-corrected chi connectivity index (χ3v) is 7.70. The molecule has 3 aliphatic rings. The van der Waals surface area contributed by atoms with Gasteiger partial charge in [-0.15, -0.1) is 0 Å². The van der Waals surface area contributed by atoms with E-state index < -0.39 is 96.8 Å². The van der Waals surface area contributed by atoms with Gasteiger partial charge in [-0.25, -0.2) is 0 Å². The second kappa shape index (κ2) is 11.3. The van der Waals surface area contributed by atoms with Crippen molar-refractivity contribution in [3.05, 3.63) is 47.0 Å². The summed E-state index contributed by atoms with van der Waals surface area (Å²) in [7, 11) is 0. The van der Waals surface area contributed by atoms with Gasteiger partial charge in [-0.1, -0.05) is 12.1 Å². The summed E-state index contributed by atoms with van der Waals surface area (Å²) in [4.78, 5) is 13.1. The Morgan fingerprint density at radius 3 is 2.20 bits per heavy atom. The molecule has 3 aliphatic heterocycles. The van der Waals surface area contributed by atoms with Crippen molar-refractivity contribution in [3.63, 3.8) is 0 Å². The maximum absolute atomic E-state index is 13.1. The summed E-state index contributed by atoms with van der Waals surface area (Å²) in [5.41, 5.74) is -0.148. The number of phenolic OH excluding ortho intramolecular Hbond substituents is 3. The molecule has 0 saturated carbocycles. The van der Waals surface area contributed by atoms with Crippen LogP contribution in [0.25, 0.3) is 0 Å². The minimum atomic E-state index is -1.87. The van der Waals surface area contributed by atoms with Gasteiger partial charge in [-0.05, 0) is 24.6 Å². The molecule has 0 unspecified atom stereocenters. The number of hydrogen-bond acceptors (Lipinski definition) is 14. The molecule has 11 atom stereocenters. The first-order valence-electron chi connectivity index (χ1n) is 13.0. The van der Waals surface area contributed by atoms with Crippen molar-refractivity contribution >= 4 is 5.78 Å². The molecule has 2 saturated heterocycles. The van der Waals surface area contributed by atoms with Crippen molar-refractivity contribution in [1.82, 2.24) is 0 Å². The number of carbonyl (C=O) groups excluding carboxylic acids is 1. The smallest absolute Gasteiger partial charge is 0.186 e. The number of ether oxygens (including phenoxy) is 4. The maximum atomic E-state index is 13.1. The van der Waals surface area contributed by atoms with E-state index in [1.807, 2.05) is 0 Å². The summed E-state index contributed by atoms with van der Waals surface area (Å²) < 4.78 is 22.4. The van der Waals surface area contributed by atoms with Crippen LogP contribution in [0, 0.1) is 0 Å². The molecular weight excluding hydrogens is 548 g/mol. The van der Waals surface area contributed by atoms with Gasteiger partial charge < -0.3 is 64.9 Å². The van der Waals surface area contributed by atoms with Gasteiger partial charge in [-0.3, -0.25) is 4.79 Å². The molecule has 5 rings (SSSR count). The molecular formula is C27H32O14. The van der Waals surface area contributed by atoms with Crippen LogP contribution in [0.3, 0.4) is 0 Å². The number of carbonyl (C=O) groups is 1. The zero-order chi connectivity index (χ0) is 29.7. The van der Waals surface area contributed by atoms with Crippen LogP contribution in [0.5, 0.6) is 23.0 Å². The second-order valence-electron chi connectivity index (χ2n) is 10.4. The molecule has 14 nitrogen and oxygen atoms in total. The van der Waals surface area contributed by atoms with Crippen molar-refractivity contribution in [3.8, 4) is 23.0 Å². The van der Waals surface area contributed by atoms with Crippen LogP contribution in [0.1, 0.15) is 47.0 Å². The number of aliphatic hydroxyl groups is 6. The summed E-state index contributed by atoms with van der Waals surface area (Å²) >= 11 is 0. The van der Waals surface area contributed by atoms with Crippen LogP contribution in [0.2, 0.25) is 0 Å². The molecule has 2 aromatic rings. The predicted octanol–water partition coefficient (Wildman–Crippen LogP) is -1.12. The molecule has 3 heterocycles. The maximum Gasteiger partial charge on any atom is 0.186 e. The minimum Gasteiger partial charge on any atom is -0.508 e. The van der Waals surface area contributed by atoms with E-state index in [1.54, 1.807) is 12.1 Å². The highest BCUT2D eigenvalue weighted by Crippen LogP contribution is 2.49. The zero-order valence-corrected chi connectivity index (χ0v) is 21.7. The second-order valence-corrected chi connectivity index (χ2v) is 10.4. The quantitative estimate of drug-likeness (QED) is 0.204. The monoisotopic (exact) mass is 580 g/mol. The van der Waals surface area contributed by atoms with Crippen molar-refractivity contribution in [1.29, 1.82) is 0 Å². The highest BCUT2D eigenvalue weighted by atomic mass is 16.7. The highest BCUT2D eigenvalue weighted by molar-refractivity contribution is 6.03. The molecule has 0 aliphatic carbocycles. The molecule has 2 fully saturated rings. The number of benzene rings is 2. The molecule has 2 aromatic carbocycles. The van der Waals surface area contributed by atoms with E-state index in [0.29, 0.717) is 5.56 Å². The van der Waals surface area contributed by atoms with Gasteiger partial charge in [-0.2, -0.15) is 0 Å². The van der Waals surface area contributed by atoms with Gasteiger partial charge in [0.05, 0.1) is 24.7 Å². The van der Waals surface area contributed by atoms with Crippen LogP contribution in [0.15, 0.2) is 30.3 Å². The average molecular weight is 581 g/mol. The number of hydrogen-bond donors (Lipinski definition) is 9. The highest BCUT2D eigenvalue weighted by Gasteiger charge is 2.48. The van der Waals surface area contributed by atoms with E-state index in [0.717, 1.165) is 6.07 Å². The third kappa shape index (κ3) is 5.34. The number of rotatable bonds is 5. The lowest BCUT2D eigenvalue weighted by Gasteiger charge is -2.43. The van der Waals surface area contributed by atoms with Crippen LogP contribution < -0.4 is 4.74 Å². The Kier molecular flexibility index (Phi) is 8.13. The number of phenols is 3. The van der Waals surface area contributed by atoms with Gasteiger partial charge in [0.2, 0.25) is 0 Å². The standard InChI is InChI=1S/C27H32O14/c1-9-19(31)22(34)25(37)27(39-9)38-8-16-20(32)23(35)24(36)26(41-16)18-13(30)7-15-17(21(18)33)12(29)6-14(40-15)10-2-4-11(28)5-3-10/h2-5,7,9,14,16,19-20,22-28,30-37H,6,8H2,1H3/t9-,14-,16+,19-,20+,22+,23-,24+,25+,26-,27+/m0/s1. The number of aromatic hydroxyl groups is 3. The largest absolute Gasteiger partial charge is 0.508 e. The average Bonchev–Trinajstić information content (AvgIpc) is 2.93. The first-order valence-corrected chi connectivity index (χ1v) is 13.0. The van der Waals surface area contributed by atoms with Crippen molar-refractivity contribution < 1.29 is 69.7 Å². The van der Waals surface area contributed by atoms with Gasteiger partial charge in [0, 0.05) is 6.07 Å². The Balaban J connectivity index is 1.38. The fourth-order valence-electron chi connectivity index (χ4n) is 5.30. The van der Waals surface area contributed by atoms with E-state index in [2.05, 4.69) is 0 Å². The Morgan fingerprint density at radius 2 is 1.51 bits per heavy atom. The van der Waals surface area contributed by atoms with Crippen LogP contribution in [-0.4, -0.2) is 113 Å². The Hall–Kier alpha value is -3.05. The van der Waals surface area contributed by atoms with Gasteiger partial charge in [0.25, 0.3) is 0 Å². The van der Waals surface area contributed by atoms with E-state index in [9.17, 15) is 50.8 Å². The predicted molar refractivity (Wildman–Crippen MR) is 134 cm³/mol. The van der Waals surface area contributed by atoms with E-state index >= 15 is 0 Å². The molecule has 41 heavy (non-hydrogen) atoms. The summed E-state index contributed by atoms with van der Waals surface area (Å²) in [6.07, 6.45) is -16.4. The number of ketones is 1. The lowest BCUT2D eigenvalue weighted by molar-refractivity contribution is -0.308. The third-order valence-electron chi connectivity index (χ3n) is 7.70. The normalized spacial score (nSPS) is 37.3. The minimum absolute atomic E-state index is 0.0201. The lowest BCUT2D eigenvalue weighted by atomic mass is 9.87. The molecule has 0 bridgehead atoms. The summed E-state index contributed by atoms with van der Waals surface area (Å²) in [6, 6.07) is 7.04. The summed E-state index contributed by atoms with van der Waals surface area (Å²) in [5, 5.41) is 93.2. The van der Waals surface area contributed by atoms with E-state index in [-0.39, 0.29) is 23.5 Å². The topological polar surface area (TPSA) is 236 Å². The number of fused-ring (bicyclic) bond motifs is 1. The SMILES string of the molecule is C[C@@H]1O[C@@H](OC[C@H]2O[C@@H](c3c(O)cc4c(c3O)C(=O)C[C@@H](c3ccc(O)cc3)O4)[C@H](O)[C@@H](O)[C@@H]2O)[C@H](O)[C@H](O)[C@H]1O. The molecule has 224 valence electrons.